The van der Waals surface area contributed by atoms with Gasteiger partial charge in [-0.25, -0.2) is 18.4 Å². The summed E-state index contributed by atoms with van der Waals surface area (Å²) < 4.78 is 71.6. The Labute approximate surface area is 174 Å². The normalized spacial score (nSPS) is 24.5. The fourth-order valence-corrected chi connectivity index (χ4v) is 6.99. The maximum atomic E-state index is 13.0. The predicted octanol–water partition coefficient (Wildman–Crippen LogP) is 2.23. The number of nitrogens with zero attached hydrogens (tertiary/aromatic N) is 4. The van der Waals surface area contributed by atoms with Crippen molar-refractivity contribution in [2.24, 2.45) is 11.3 Å². The van der Waals surface area contributed by atoms with Crippen LogP contribution in [0.3, 0.4) is 0 Å². The molecule has 0 aromatic carbocycles. The van der Waals surface area contributed by atoms with Gasteiger partial charge in [0, 0.05) is 50.8 Å². The van der Waals surface area contributed by atoms with Gasteiger partial charge in [-0.1, -0.05) is 0 Å². The minimum atomic E-state index is -4.71. The van der Waals surface area contributed by atoms with Gasteiger partial charge in [0.05, 0.1) is 11.4 Å². The monoisotopic (exact) mass is 448 g/mol. The summed E-state index contributed by atoms with van der Waals surface area (Å²) >= 11 is 0. The summed E-state index contributed by atoms with van der Waals surface area (Å²) in [6, 6.07) is 0.443. The van der Waals surface area contributed by atoms with E-state index < -0.39 is 22.0 Å². The van der Waals surface area contributed by atoms with Gasteiger partial charge in [-0.05, 0) is 39.5 Å². The molecule has 168 valence electrons. The maximum absolute atomic E-state index is 13.0. The number of sulfonamides is 1. The van der Waals surface area contributed by atoms with E-state index in [2.05, 4.69) is 21.8 Å². The molecule has 7 nitrogen and oxygen atoms in total. The lowest BCUT2D eigenvalue weighted by molar-refractivity contribution is -0.145. The molecule has 3 aliphatic heterocycles. The Bertz CT molecular complexity index is 894. The highest BCUT2D eigenvalue weighted by Gasteiger charge is 2.56. The highest BCUT2D eigenvalue weighted by Crippen LogP contribution is 2.45. The SMILES string of the molecule is Cc1nc(C(F)(F)F)nc(C)c1S(=O)(=O)N1CC2(CN([C@H](C)C3CCOCC3)C2)C1. The third-order valence-electron chi connectivity index (χ3n) is 6.68. The van der Waals surface area contributed by atoms with E-state index in [4.69, 9.17) is 4.74 Å². The first kappa shape index (κ1) is 21.9. The Morgan fingerprint density at radius 1 is 1.07 bits per heavy atom. The van der Waals surface area contributed by atoms with Crippen LogP contribution in [0, 0.1) is 25.2 Å². The van der Waals surface area contributed by atoms with Gasteiger partial charge in [0.25, 0.3) is 0 Å². The van der Waals surface area contributed by atoms with Crippen molar-refractivity contribution in [3.8, 4) is 0 Å². The minimum absolute atomic E-state index is 0.0545. The van der Waals surface area contributed by atoms with E-state index in [1.165, 1.54) is 18.2 Å². The van der Waals surface area contributed by atoms with E-state index in [0.717, 1.165) is 39.1 Å². The highest BCUT2D eigenvalue weighted by molar-refractivity contribution is 7.89. The summed E-state index contributed by atoms with van der Waals surface area (Å²) in [4.78, 5) is 9.01. The fourth-order valence-electron chi connectivity index (χ4n) is 5.01. The predicted molar refractivity (Wildman–Crippen MR) is 102 cm³/mol. The lowest BCUT2D eigenvalue weighted by Gasteiger charge is -2.61. The smallest absolute Gasteiger partial charge is 0.381 e. The molecular formula is C19H27F3N4O3S. The summed E-state index contributed by atoms with van der Waals surface area (Å²) in [5, 5.41) is 0. The van der Waals surface area contributed by atoms with Crippen molar-refractivity contribution in [1.82, 2.24) is 19.2 Å². The molecule has 4 heterocycles. The van der Waals surface area contributed by atoms with E-state index in [0.29, 0.717) is 25.0 Å². The lowest BCUT2D eigenvalue weighted by atomic mass is 9.72. The third kappa shape index (κ3) is 3.74. The van der Waals surface area contributed by atoms with E-state index in [9.17, 15) is 21.6 Å². The molecule has 1 aromatic heterocycles. The van der Waals surface area contributed by atoms with Crippen LogP contribution in [0.2, 0.25) is 0 Å². The van der Waals surface area contributed by atoms with Gasteiger partial charge in [0.1, 0.15) is 4.90 Å². The zero-order chi connectivity index (χ0) is 21.9. The number of halogens is 3. The average molecular weight is 449 g/mol. The van der Waals surface area contributed by atoms with Crippen LogP contribution in [0.1, 0.15) is 37.0 Å². The van der Waals surface area contributed by atoms with Crippen molar-refractivity contribution in [2.75, 3.05) is 39.4 Å². The van der Waals surface area contributed by atoms with Crippen molar-refractivity contribution in [3.63, 3.8) is 0 Å². The first-order chi connectivity index (χ1) is 13.9. The second-order valence-electron chi connectivity index (χ2n) is 8.91. The van der Waals surface area contributed by atoms with Crippen molar-refractivity contribution < 1.29 is 26.3 Å². The molecule has 11 heteroatoms. The summed E-state index contributed by atoms with van der Waals surface area (Å²) in [5.41, 5.74) is -0.389. The summed E-state index contributed by atoms with van der Waals surface area (Å²) in [5.74, 6) is -0.709. The number of ether oxygens (including phenoxy) is 1. The van der Waals surface area contributed by atoms with Crippen LogP contribution in [0.4, 0.5) is 13.2 Å². The second kappa shape index (κ2) is 7.39. The number of hydrogen-bond donors (Lipinski definition) is 0. The Balaban J connectivity index is 1.41. The summed E-state index contributed by atoms with van der Waals surface area (Å²) in [7, 11) is -3.93. The van der Waals surface area contributed by atoms with Crippen LogP contribution in [-0.4, -0.2) is 73.0 Å². The Morgan fingerprint density at radius 3 is 2.10 bits per heavy atom. The molecule has 0 amide bonds. The molecule has 1 aromatic rings. The molecule has 0 N–H and O–H groups in total. The van der Waals surface area contributed by atoms with E-state index in [-0.39, 0.29) is 21.7 Å². The standard InChI is InChI=1S/C19H27F3N4O3S/c1-12-16(13(2)24-17(23-12)19(20,21)22)30(27,28)26-10-18(11-26)8-25(9-18)14(3)15-4-6-29-7-5-15/h14-15H,4-11H2,1-3H3/t14-/m1/s1. The van der Waals surface area contributed by atoms with Gasteiger partial charge >= 0.3 is 6.18 Å². The molecule has 0 radical (unpaired) electrons. The number of rotatable bonds is 4. The molecule has 3 aliphatic rings. The third-order valence-corrected chi connectivity index (χ3v) is 8.73. The Hall–Kier alpha value is -1.30. The first-order valence-corrected chi connectivity index (χ1v) is 11.6. The average Bonchev–Trinajstić information content (AvgIpc) is 2.58. The summed E-state index contributed by atoms with van der Waals surface area (Å²) in [6.45, 7) is 8.85. The van der Waals surface area contributed by atoms with Crippen LogP contribution in [0.25, 0.3) is 0 Å². The van der Waals surface area contributed by atoms with Crippen LogP contribution in [0.5, 0.6) is 0 Å². The largest absolute Gasteiger partial charge is 0.451 e. The van der Waals surface area contributed by atoms with E-state index in [1.807, 2.05) is 0 Å². The molecular weight excluding hydrogens is 421 g/mol. The van der Waals surface area contributed by atoms with Crippen LogP contribution in [0.15, 0.2) is 4.90 Å². The lowest BCUT2D eigenvalue weighted by Crippen LogP contribution is -2.74. The summed E-state index contributed by atoms with van der Waals surface area (Å²) in [6.07, 6.45) is -2.61. The zero-order valence-electron chi connectivity index (χ0n) is 17.4. The molecule has 0 aliphatic carbocycles. The van der Waals surface area contributed by atoms with Gasteiger partial charge in [0.2, 0.25) is 15.8 Å². The molecule has 4 rings (SSSR count). The first-order valence-electron chi connectivity index (χ1n) is 10.2. The molecule has 1 spiro atoms. The van der Waals surface area contributed by atoms with Gasteiger partial charge in [-0.15, -0.1) is 0 Å². The van der Waals surface area contributed by atoms with Crippen LogP contribution < -0.4 is 0 Å². The van der Waals surface area contributed by atoms with Crippen LogP contribution >= 0.6 is 0 Å². The van der Waals surface area contributed by atoms with Gasteiger partial charge in [-0.2, -0.15) is 17.5 Å². The molecule has 1 atom stereocenters. The number of aryl methyl sites for hydroxylation is 2. The van der Waals surface area contributed by atoms with Crippen molar-refractivity contribution >= 4 is 10.0 Å². The molecule has 3 saturated heterocycles. The number of likely N-dealkylation sites (tertiary alicyclic amines) is 1. The molecule has 0 unspecified atom stereocenters. The van der Waals surface area contributed by atoms with E-state index >= 15 is 0 Å². The minimum Gasteiger partial charge on any atom is -0.381 e. The molecule has 30 heavy (non-hydrogen) atoms. The fraction of sp³-hybridized carbons (Fsp3) is 0.789. The zero-order valence-corrected chi connectivity index (χ0v) is 18.2. The number of hydrogen-bond acceptors (Lipinski definition) is 6. The highest BCUT2D eigenvalue weighted by atomic mass is 32.2. The van der Waals surface area contributed by atoms with Crippen molar-refractivity contribution in [2.45, 2.75) is 50.7 Å². The molecule has 0 bridgehead atoms. The molecule has 3 fully saturated rings. The van der Waals surface area contributed by atoms with E-state index in [1.54, 1.807) is 0 Å². The van der Waals surface area contributed by atoms with Crippen LogP contribution in [-0.2, 0) is 20.9 Å². The quantitative estimate of drug-likeness (QED) is 0.703. The van der Waals surface area contributed by atoms with Gasteiger partial charge in [0.15, 0.2) is 0 Å². The number of alkyl halides is 3. The maximum Gasteiger partial charge on any atom is 0.451 e. The Kier molecular flexibility index (Phi) is 5.40. The van der Waals surface area contributed by atoms with Gasteiger partial charge in [-0.3, -0.25) is 4.90 Å². The molecule has 0 saturated carbocycles. The topological polar surface area (TPSA) is 75.6 Å². The van der Waals surface area contributed by atoms with Crippen molar-refractivity contribution in [1.29, 1.82) is 0 Å². The second-order valence-corrected chi connectivity index (χ2v) is 10.8. The number of aromatic nitrogens is 2. The van der Waals surface area contributed by atoms with Crippen molar-refractivity contribution in [3.05, 3.63) is 17.2 Å². The Morgan fingerprint density at radius 2 is 1.60 bits per heavy atom. The van der Waals surface area contributed by atoms with Gasteiger partial charge < -0.3 is 4.74 Å².